The maximum absolute atomic E-state index is 13.8. The molecule has 0 aliphatic rings. The van der Waals surface area contributed by atoms with Gasteiger partial charge in [0.2, 0.25) is 0 Å². The lowest BCUT2D eigenvalue weighted by molar-refractivity contribution is 0.0600. The van der Waals surface area contributed by atoms with E-state index in [0.29, 0.717) is 36.3 Å². The van der Waals surface area contributed by atoms with Crippen molar-refractivity contribution in [1.29, 1.82) is 5.41 Å². The van der Waals surface area contributed by atoms with Crippen LogP contribution in [0.15, 0.2) is 66.7 Å². The summed E-state index contributed by atoms with van der Waals surface area (Å²) in [6.07, 6.45) is 7.36. The third-order valence-corrected chi connectivity index (χ3v) is 8.92. The molecule has 0 aliphatic carbocycles. The molecule has 1 heterocycles. The molecule has 0 fully saturated rings. The van der Waals surface area contributed by atoms with Gasteiger partial charge in [-0.05, 0) is 86.8 Å². The zero-order valence-electron chi connectivity index (χ0n) is 29.4. The van der Waals surface area contributed by atoms with E-state index in [1.54, 1.807) is 17.0 Å². The van der Waals surface area contributed by atoms with Crippen LogP contribution in [0.5, 0.6) is 0 Å². The largest absolute Gasteiger partial charge is 0.465 e. The molecule has 0 saturated heterocycles. The van der Waals surface area contributed by atoms with Gasteiger partial charge in [0.1, 0.15) is 11.7 Å². The van der Waals surface area contributed by atoms with Crippen molar-refractivity contribution in [1.82, 2.24) is 19.4 Å². The lowest BCUT2D eigenvalue weighted by Crippen LogP contribution is -2.34. The van der Waals surface area contributed by atoms with E-state index in [1.165, 1.54) is 32.8 Å². The number of unbranched alkanes of at least 4 members (excludes halogenated alkanes) is 2. The number of hydrogen-bond donors (Lipinski definition) is 3. The van der Waals surface area contributed by atoms with E-state index in [1.807, 2.05) is 54.6 Å². The van der Waals surface area contributed by atoms with E-state index in [0.717, 1.165) is 73.4 Å². The van der Waals surface area contributed by atoms with Crippen molar-refractivity contribution in [3.05, 3.63) is 100 Å². The number of rotatable bonds is 20. The Kier molecular flexibility index (Phi) is 14.3. The monoisotopic (exact) mass is 667 g/mol. The number of nitrogen functional groups attached to an aromatic ring is 1. The molecule has 10 nitrogen and oxygen atoms in total. The van der Waals surface area contributed by atoms with Crippen LogP contribution in [0.4, 0.5) is 0 Å². The molecule has 1 aromatic heterocycles. The molecule has 1 amide bonds. The average Bonchev–Trinajstić information content (AvgIpc) is 3.47. The number of aromatic nitrogens is 2. The van der Waals surface area contributed by atoms with Gasteiger partial charge in [0.05, 0.1) is 23.7 Å². The second-order valence-electron chi connectivity index (χ2n) is 12.6. The zero-order valence-corrected chi connectivity index (χ0v) is 29.4. The van der Waals surface area contributed by atoms with Crippen LogP contribution in [0.25, 0.3) is 11.0 Å². The van der Waals surface area contributed by atoms with Gasteiger partial charge in [-0.15, -0.1) is 0 Å². The number of hydrogen-bond acceptors (Lipinski definition) is 7. The summed E-state index contributed by atoms with van der Waals surface area (Å²) in [5.41, 5.74) is 17.2. The lowest BCUT2D eigenvalue weighted by Gasteiger charge is -2.23. The highest BCUT2D eigenvalue weighted by atomic mass is 16.5. The third kappa shape index (κ3) is 10.5. The van der Waals surface area contributed by atoms with Crippen molar-refractivity contribution in [3.63, 3.8) is 0 Å². The van der Waals surface area contributed by atoms with Crippen molar-refractivity contribution in [2.75, 3.05) is 39.8 Å². The molecule has 5 N–H and O–H groups in total. The smallest absolute Gasteiger partial charge is 0.337 e. The molecule has 0 aliphatic heterocycles. The molecule has 0 spiro atoms. The van der Waals surface area contributed by atoms with Gasteiger partial charge in [-0.25, -0.2) is 9.78 Å². The van der Waals surface area contributed by atoms with E-state index in [9.17, 15) is 9.59 Å². The molecular formula is C39H53N7O3. The topological polar surface area (TPSA) is 144 Å². The molecule has 0 radical (unpaired) electrons. The Morgan fingerprint density at radius 2 is 1.43 bits per heavy atom. The summed E-state index contributed by atoms with van der Waals surface area (Å²) in [7, 11) is 1.35. The standard InChI is InChI=1S/C39H53N7O3/c1-4-6-22-44(23-7-5-2)24-8-25-46-35-19-18-33(27-34(35)43-36(46)20-13-29-9-14-31(15-10-29)37(41)42)38(47)45(26-21-40)28-30-11-16-32(17-12-30)39(48)49-3/h9-12,14-19,27H,4-8,13,20-26,28,40H2,1-3H3,(H3,41,42). The second kappa shape index (κ2) is 18.9. The van der Waals surface area contributed by atoms with Crippen molar-refractivity contribution in [3.8, 4) is 0 Å². The van der Waals surface area contributed by atoms with Crippen LogP contribution in [0, 0.1) is 5.41 Å². The van der Waals surface area contributed by atoms with Gasteiger partial charge in [0.25, 0.3) is 5.91 Å². The quantitative estimate of drug-likeness (QED) is 0.0615. The Hall–Kier alpha value is -4.54. The predicted octanol–water partition coefficient (Wildman–Crippen LogP) is 5.79. The van der Waals surface area contributed by atoms with Crippen LogP contribution in [0.2, 0.25) is 0 Å². The van der Waals surface area contributed by atoms with E-state index in [-0.39, 0.29) is 11.7 Å². The highest BCUT2D eigenvalue weighted by Gasteiger charge is 2.19. The maximum Gasteiger partial charge on any atom is 0.337 e. The summed E-state index contributed by atoms with van der Waals surface area (Å²) in [5, 5.41) is 7.70. The molecule has 4 aromatic rings. The molecule has 0 saturated carbocycles. The second-order valence-corrected chi connectivity index (χ2v) is 12.6. The fraction of sp³-hybridized carbons (Fsp3) is 0.436. The van der Waals surface area contributed by atoms with Gasteiger partial charge >= 0.3 is 5.97 Å². The number of methoxy groups -OCH3 is 1. The first-order valence-corrected chi connectivity index (χ1v) is 17.6. The van der Waals surface area contributed by atoms with Crippen LogP contribution in [-0.2, 0) is 30.7 Å². The van der Waals surface area contributed by atoms with Crippen molar-refractivity contribution in [2.45, 2.75) is 71.9 Å². The van der Waals surface area contributed by atoms with Crippen LogP contribution in [0.1, 0.15) is 89.2 Å². The van der Waals surface area contributed by atoms with E-state index < -0.39 is 5.97 Å². The fourth-order valence-corrected chi connectivity index (χ4v) is 6.09. The molecule has 0 unspecified atom stereocenters. The number of imidazole rings is 1. The fourth-order valence-electron chi connectivity index (χ4n) is 6.09. The van der Waals surface area contributed by atoms with Gasteiger partial charge in [0, 0.05) is 43.7 Å². The number of amidine groups is 1. The van der Waals surface area contributed by atoms with E-state index in [2.05, 4.69) is 23.3 Å². The first-order valence-electron chi connectivity index (χ1n) is 17.6. The van der Waals surface area contributed by atoms with Crippen molar-refractivity contribution < 1.29 is 14.3 Å². The Labute approximate surface area is 290 Å². The number of nitrogens with one attached hydrogen (secondary N) is 1. The number of benzene rings is 3. The minimum absolute atomic E-state index is 0.0621. The third-order valence-electron chi connectivity index (χ3n) is 8.92. The molecule has 3 aromatic carbocycles. The molecule has 0 atom stereocenters. The van der Waals surface area contributed by atoms with Crippen LogP contribution >= 0.6 is 0 Å². The highest BCUT2D eigenvalue weighted by molar-refractivity contribution is 5.97. The predicted molar refractivity (Wildman–Crippen MR) is 197 cm³/mol. The number of nitrogens with two attached hydrogens (primary N) is 2. The summed E-state index contributed by atoms with van der Waals surface area (Å²) in [4.78, 5) is 35.1. The molecule has 0 bridgehead atoms. The van der Waals surface area contributed by atoms with Crippen molar-refractivity contribution >= 4 is 28.7 Å². The molecule has 49 heavy (non-hydrogen) atoms. The molecule has 4 rings (SSSR count). The molecule has 262 valence electrons. The average molecular weight is 668 g/mol. The summed E-state index contributed by atoms with van der Waals surface area (Å²) in [6, 6.07) is 20.7. The SMILES string of the molecule is CCCCN(CCCC)CCCn1c(CCc2ccc(C(=N)N)cc2)nc2cc(C(=O)N(CCN)Cc3ccc(C(=O)OC)cc3)ccc21. The summed E-state index contributed by atoms with van der Waals surface area (Å²) in [5.74, 6) is 0.541. The number of carbonyl (C=O) groups excluding carboxylic acids is 2. The van der Waals surface area contributed by atoms with Crippen LogP contribution in [0.3, 0.4) is 0 Å². The summed E-state index contributed by atoms with van der Waals surface area (Å²) >= 11 is 0. The number of aryl methyl sites for hydroxylation is 3. The Morgan fingerprint density at radius 3 is 2.04 bits per heavy atom. The minimum atomic E-state index is -0.398. The summed E-state index contributed by atoms with van der Waals surface area (Å²) < 4.78 is 7.13. The van der Waals surface area contributed by atoms with E-state index in [4.69, 9.17) is 26.6 Å². The number of ether oxygens (including phenoxy) is 1. The number of amides is 1. The van der Waals surface area contributed by atoms with Gasteiger partial charge in [-0.1, -0.05) is 63.1 Å². The number of nitrogens with zero attached hydrogens (tertiary/aromatic N) is 4. The van der Waals surface area contributed by atoms with Crippen molar-refractivity contribution in [2.24, 2.45) is 11.5 Å². The zero-order chi connectivity index (χ0) is 35.2. The number of fused-ring (bicyclic) bond motifs is 1. The van der Waals surface area contributed by atoms with Gasteiger partial charge < -0.3 is 30.6 Å². The number of esters is 1. The minimum Gasteiger partial charge on any atom is -0.465 e. The maximum atomic E-state index is 13.8. The first kappa shape index (κ1) is 37.3. The Balaban J connectivity index is 1.57. The van der Waals surface area contributed by atoms with Gasteiger partial charge in [-0.3, -0.25) is 10.2 Å². The number of carbonyl (C=O) groups is 2. The van der Waals surface area contributed by atoms with E-state index >= 15 is 0 Å². The van der Waals surface area contributed by atoms with Crippen LogP contribution < -0.4 is 11.5 Å². The summed E-state index contributed by atoms with van der Waals surface area (Å²) in [6.45, 7) is 9.72. The molecular weight excluding hydrogens is 614 g/mol. The lowest BCUT2D eigenvalue weighted by atomic mass is 10.1. The normalized spacial score (nSPS) is 11.3. The Bertz CT molecular complexity index is 1660. The first-order chi connectivity index (χ1) is 23.8. The van der Waals surface area contributed by atoms with Crippen LogP contribution in [-0.4, -0.2) is 76.9 Å². The van der Waals surface area contributed by atoms with Gasteiger partial charge in [0.15, 0.2) is 0 Å². The molecule has 10 heteroatoms. The van der Waals surface area contributed by atoms with Gasteiger partial charge in [-0.2, -0.15) is 0 Å². The Morgan fingerprint density at radius 1 is 0.816 bits per heavy atom. The highest BCUT2D eigenvalue weighted by Crippen LogP contribution is 2.22.